The number of primary amides is 1. The molecule has 2 amide bonds. The molecule has 0 atom stereocenters. The number of ether oxygens (including phenoxy) is 1. The van der Waals surface area contributed by atoms with Gasteiger partial charge in [-0.1, -0.05) is 23.7 Å². The van der Waals surface area contributed by atoms with Gasteiger partial charge in [-0.25, -0.2) is 10.2 Å². The third kappa shape index (κ3) is 3.14. The maximum atomic E-state index is 10.3. The third-order valence-electron chi connectivity index (χ3n) is 1.59. The van der Waals surface area contributed by atoms with Gasteiger partial charge in [-0.2, -0.15) is 5.10 Å². The van der Waals surface area contributed by atoms with E-state index in [-0.39, 0.29) is 0 Å². The maximum Gasteiger partial charge on any atom is 0.332 e. The van der Waals surface area contributed by atoms with Crippen LogP contribution in [0.25, 0.3) is 0 Å². The first-order valence-corrected chi connectivity index (χ1v) is 4.44. The van der Waals surface area contributed by atoms with Crippen molar-refractivity contribution < 1.29 is 9.53 Å². The van der Waals surface area contributed by atoms with Crippen molar-refractivity contribution in [3.8, 4) is 5.75 Å². The molecule has 0 unspecified atom stereocenters. The fraction of sp³-hybridized carbons (Fsp3) is 0.111. The van der Waals surface area contributed by atoms with E-state index in [1.54, 1.807) is 18.2 Å². The Kier molecular flexibility index (Phi) is 3.93. The van der Waals surface area contributed by atoms with Gasteiger partial charge >= 0.3 is 6.03 Å². The van der Waals surface area contributed by atoms with Crippen molar-refractivity contribution in [3.05, 3.63) is 28.8 Å². The molecule has 0 aromatic heterocycles. The van der Waals surface area contributed by atoms with Crippen LogP contribution in [0.1, 0.15) is 5.56 Å². The van der Waals surface area contributed by atoms with Gasteiger partial charge in [-0.05, 0) is 6.07 Å². The van der Waals surface area contributed by atoms with Gasteiger partial charge in [0, 0.05) is 5.56 Å². The Morgan fingerprint density at radius 2 is 2.40 bits per heavy atom. The standard InChI is InChI=1S/C9H10ClN3O2/c1-15-7-4-2-3-6(8(7)10)5-12-13-9(11)14/h2-5H,1H3,(H3,11,13,14). The number of nitrogens with two attached hydrogens (primary N) is 1. The lowest BCUT2D eigenvalue weighted by molar-refractivity contribution is 0.249. The zero-order valence-electron chi connectivity index (χ0n) is 8.03. The molecule has 5 nitrogen and oxygen atoms in total. The first kappa shape index (κ1) is 11.3. The minimum absolute atomic E-state index is 0.426. The number of rotatable bonds is 3. The topological polar surface area (TPSA) is 76.7 Å². The predicted octanol–water partition coefficient (Wildman–Crippen LogP) is 1.35. The minimum Gasteiger partial charge on any atom is -0.495 e. The minimum atomic E-state index is -0.731. The van der Waals surface area contributed by atoms with Crippen LogP contribution in [-0.4, -0.2) is 19.4 Å². The lowest BCUT2D eigenvalue weighted by Gasteiger charge is -2.04. The Hall–Kier alpha value is -1.75. The highest BCUT2D eigenvalue weighted by atomic mass is 35.5. The molecule has 0 aliphatic rings. The summed E-state index contributed by atoms with van der Waals surface area (Å²) in [7, 11) is 1.52. The van der Waals surface area contributed by atoms with Gasteiger partial charge in [-0.15, -0.1) is 0 Å². The van der Waals surface area contributed by atoms with Gasteiger partial charge in [0.25, 0.3) is 0 Å². The summed E-state index contributed by atoms with van der Waals surface area (Å²) < 4.78 is 5.01. The number of nitrogens with one attached hydrogen (secondary N) is 1. The van der Waals surface area contributed by atoms with Crippen LogP contribution in [0.5, 0.6) is 5.75 Å². The number of carbonyl (C=O) groups excluding carboxylic acids is 1. The summed E-state index contributed by atoms with van der Waals surface area (Å²) in [6.07, 6.45) is 1.38. The number of hydrogen-bond donors (Lipinski definition) is 2. The van der Waals surface area contributed by atoms with Crippen molar-refractivity contribution in [3.63, 3.8) is 0 Å². The summed E-state index contributed by atoms with van der Waals surface area (Å²) in [5, 5.41) is 4.01. The number of nitrogens with zero attached hydrogens (tertiary/aromatic N) is 1. The smallest absolute Gasteiger partial charge is 0.332 e. The molecule has 6 heteroatoms. The van der Waals surface area contributed by atoms with Crippen molar-refractivity contribution >= 4 is 23.8 Å². The SMILES string of the molecule is COc1cccc(C=NNC(N)=O)c1Cl. The molecule has 15 heavy (non-hydrogen) atoms. The molecular formula is C9H10ClN3O2. The van der Waals surface area contributed by atoms with E-state index in [0.29, 0.717) is 16.3 Å². The molecule has 0 fully saturated rings. The van der Waals surface area contributed by atoms with Crippen LogP contribution in [0.2, 0.25) is 5.02 Å². The Morgan fingerprint density at radius 3 is 3.00 bits per heavy atom. The monoisotopic (exact) mass is 227 g/mol. The molecule has 0 aliphatic heterocycles. The molecule has 0 heterocycles. The highest BCUT2D eigenvalue weighted by Crippen LogP contribution is 2.26. The van der Waals surface area contributed by atoms with Crippen molar-refractivity contribution in [2.75, 3.05) is 7.11 Å². The second-order valence-electron chi connectivity index (χ2n) is 2.60. The fourth-order valence-electron chi connectivity index (χ4n) is 0.951. The summed E-state index contributed by atoms with van der Waals surface area (Å²) in [6.45, 7) is 0. The summed E-state index contributed by atoms with van der Waals surface area (Å²) in [4.78, 5) is 10.3. The van der Waals surface area contributed by atoms with Gasteiger partial charge in [0.1, 0.15) is 5.75 Å². The van der Waals surface area contributed by atoms with E-state index < -0.39 is 6.03 Å². The van der Waals surface area contributed by atoms with E-state index >= 15 is 0 Å². The average Bonchev–Trinajstić information content (AvgIpc) is 2.20. The van der Waals surface area contributed by atoms with Crippen LogP contribution in [0.4, 0.5) is 4.79 Å². The Morgan fingerprint density at radius 1 is 1.67 bits per heavy atom. The quantitative estimate of drug-likeness (QED) is 0.604. The van der Waals surface area contributed by atoms with Crippen molar-refractivity contribution in [1.29, 1.82) is 0 Å². The molecule has 0 saturated heterocycles. The first-order chi connectivity index (χ1) is 7.15. The molecule has 0 aliphatic carbocycles. The largest absolute Gasteiger partial charge is 0.495 e. The van der Waals surface area contributed by atoms with E-state index in [1.807, 2.05) is 0 Å². The Balaban J connectivity index is 2.85. The van der Waals surface area contributed by atoms with Crippen LogP contribution in [0, 0.1) is 0 Å². The van der Waals surface area contributed by atoms with E-state index in [9.17, 15) is 4.79 Å². The Bertz CT molecular complexity index is 393. The summed E-state index contributed by atoms with van der Waals surface area (Å²) >= 11 is 5.96. The highest BCUT2D eigenvalue weighted by Gasteiger charge is 2.03. The molecule has 1 aromatic rings. The Labute approximate surface area is 91.9 Å². The van der Waals surface area contributed by atoms with Gasteiger partial charge in [0.2, 0.25) is 0 Å². The lowest BCUT2D eigenvalue weighted by atomic mass is 10.2. The number of urea groups is 1. The van der Waals surface area contributed by atoms with Gasteiger partial charge in [0.05, 0.1) is 18.3 Å². The normalized spacial score (nSPS) is 10.3. The molecule has 1 aromatic carbocycles. The molecular weight excluding hydrogens is 218 g/mol. The highest BCUT2D eigenvalue weighted by molar-refractivity contribution is 6.34. The van der Waals surface area contributed by atoms with E-state index in [4.69, 9.17) is 22.1 Å². The van der Waals surface area contributed by atoms with Crippen molar-refractivity contribution in [1.82, 2.24) is 5.43 Å². The number of methoxy groups -OCH3 is 1. The summed E-state index contributed by atoms with van der Waals surface area (Å²) in [6, 6.07) is 4.49. The fourth-order valence-corrected chi connectivity index (χ4v) is 1.20. The number of halogens is 1. The molecule has 0 saturated carbocycles. The first-order valence-electron chi connectivity index (χ1n) is 4.06. The zero-order valence-corrected chi connectivity index (χ0v) is 8.78. The van der Waals surface area contributed by atoms with Crippen LogP contribution in [-0.2, 0) is 0 Å². The lowest BCUT2D eigenvalue weighted by Crippen LogP contribution is -2.24. The van der Waals surface area contributed by atoms with Crippen LogP contribution in [0.3, 0.4) is 0 Å². The number of amides is 2. The molecule has 80 valence electrons. The van der Waals surface area contributed by atoms with Gasteiger partial charge < -0.3 is 10.5 Å². The number of benzene rings is 1. The van der Waals surface area contributed by atoms with Gasteiger partial charge in [0.15, 0.2) is 0 Å². The number of hydrogen-bond acceptors (Lipinski definition) is 3. The third-order valence-corrected chi connectivity index (χ3v) is 2.00. The average molecular weight is 228 g/mol. The molecule has 3 N–H and O–H groups in total. The molecule has 1 rings (SSSR count). The molecule has 0 bridgehead atoms. The maximum absolute atomic E-state index is 10.3. The number of hydrazone groups is 1. The second-order valence-corrected chi connectivity index (χ2v) is 2.98. The van der Waals surface area contributed by atoms with Crippen LogP contribution in [0.15, 0.2) is 23.3 Å². The van der Waals surface area contributed by atoms with E-state index in [0.717, 1.165) is 0 Å². The van der Waals surface area contributed by atoms with Crippen LogP contribution >= 0.6 is 11.6 Å². The molecule has 0 radical (unpaired) electrons. The van der Waals surface area contributed by atoms with Crippen molar-refractivity contribution in [2.24, 2.45) is 10.8 Å². The van der Waals surface area contributed by atoms with E-state index in [2.05, 4.69) is 10.5 Å². The van der Waals surface area contributed by atoms with Gasteiger partial charge in [-0.3, -0.25) is 0 Å². The summed E-state index contributed by atoms with van der Waals surface area (Å²) in [5.74, 6) is 0.541. The number of carbonyl (C=O) groups is 1. The summed E-state index contributed by atoms with van der Waals surface area (Å²) in [5.41, 5.74) is 7.53. The second kappa shape index (κ2) is 5.21. The van der Waals surface area contributed by atoms with E-state index in [1.165, 1.54) is 13.3 Å². The predicted molar refractivity (Wildman–Crippen MR) is 58.3 cm³/mol. The van der Waals surface area contributed by atoms with Crippen molar-refractivity contribution in [2.45, 2.75) is 0 Å². The van der Waals surface area contributed by atoms with Crippen LogP contribution < -0.4 is 15.9 Å². The molecule has 0 spiro atoms. The zero-order chi connectivity index (χ0) is 11.3.